The van der Waals surface area contributed by atoms with Crippen molar-refractivity contribution in [2.24, 2.45) is 0 Å². The third kappa shape index (κ3) is 3.97. The molecule has 0 amide bonds. The first kappa shape index (κ1) is 4.97. The SMILES string of the molecule is O=[Si](O)OS. The van der Waals surface area contributed by atoms with E-state index in [1.165, 1.54) is 0 Å². The summed E-state index contributed by atoms with van der Waals surface area (Å²) in [7, 11) is -2.76. The van der Waals surface area contributed by atoms with E-state index in [4.69, 9.17) is 4.80 Å². The van der Waals surface area contributed by atoms with E-state index in [-0.39, 0.29) is 0 Å². The van der Waals surface area contributed by atoms with Gasteiger partial charge < -0.3 is 8.67 Å². The van der Waals surface area contributed by atoms with Crippen LogP contribution in [0.2, 0.25) is 0 Å². The fraction of sp³-hybridized carbons (Fsp3) is 0. The smallest absolute Gasteiger partial charge is 0.511 e. The summed E-state index contributed by atoms with van der Waals surface area (Å²) >= 11 is 3.00. The first-order valence-electron chi connectivity index (χ1n) is 0.814. The van der Waals surface area contributed by atoms with Crippen LogP contribution in [0.4, 0.5) is 0 Å². The van der Waals surface area contributed by atoms with Crippen molar-refractivity contribution in [3.05, 3.63) is 0 Å². The van der Waals surface area contributed by atoms with Crippen molar-refractivity contribution in [3.8, 4) is 0 Å². The highest BCUT2D eigenvalue weighted by Crippen LogP contribution is 1.68. The molecule has 0 saturated heterocycles. The minimum absolute atomic E-state index is 2.76. The van der Waals surface area contributed by atoms with Crippen LogP contribution in [0.1, 0.15) is 0 Å². The van der Waals surface area contributed by atoms with E-state index >= 15 is 0 Å². The first-order chi connectivity index (χ1) is 2.27. The van der Waals surface area contributed by atoms with Crippen LogP contribution in [0.5, 0.6) is 0 Å². The van der Waals surface area contributed by atoms with E-state index in [0.717, 1.165) is 0 Å². The minimum atomic E-state index is -2.76. The van der Waals surface area contributed by atoms with Crippen LogP contribution < -0.4 is 0 Å². The molecule has 0 aromatic heterocycles. The number of rotatable bonds is 1. The Kier molecular flexibility index (Phi) is 2.20. The molecule has 5 heavy (non-hydrogen) atoms. The molecule has 1 N–H and O–H groups in total. The zero-order valence-corrected chi connectivity index (χ0v) is 4.11. The van der Waals surface area contributed by atoms with E-state index in [1.807, 2.05) is 0 Å². The fourth-order valence-corrected chi connectivity index (χ4v) is 0. The Morgan fingerprint density at radius 1 is 2.00 bits per heavy atom. The molecule has 0 aromatic carbocycles. The predicted molar refractivity (Wildman–Crippen MR) is 18.7 cm³/mol. The highest BCUT2D eigenvalue weighted by molar-refractivity contribution is 7.75. The molecule has 0 radical (unpaired) electrons. The first-order valence-corrected chi connectivity index (χ1v) is 2.44. The van der Waals surface area contributed by atoms with Gasteiger partial charge in [0.2, 0.25) is 0 Å². The highest BCUT2D eigenvalue weighted by Gasteiger charge is 1.95. The van der Waals surface area contributed by atoms with Crippen LogP contribution in [0.25, 0.3) is 0 Å². The molecule has 0 atom stereocenters. The molecule has 0 bridgehead atoms. The molecule has 0 aliphatic rings. The molecular formula is H2O3SSi. The molecule has 3 nitrogen and oxygen atoms in total. The normalized spacial score (nSPS) is 6.60. The molecule has 5 heteroatoms. The van der Waals surface area contributed by atoms with Gasteiger partial charge in [-0.2, -0.15) is 0 Å². The maximum atomic E-state index is 9.25. The third-order valence-corrected chi connectivity index (χ3v) is 0.703. The van der Waals surface area contributed by atoms with Crippen molar-refractivity contribution in [1.29, 1.82) is 0 Å². The van der Waals surface area contributed by atoms with Crippen molar-refractivity contribution in [2.45, 2.75) is 0 Å². The summed E-state index contributed by atoms with van der Waals surface area (Å²) in [6.45, 7) is 0. The van der Waals surface area contributed by atoms with Crippen LogP contribution in [-0.4, -0.2) is 14.0 Å². The Morgan fingerprint density at radius 2 is 2.20 bits per heavy atom. The summed E-state index contributed by atoms with van der Waals surface area (Å²) in [5, 5.41) is 0. The van der Waals surface area contributed by atoms with Gasteiger partial charge >= 0.3 is 9.17 Å². The minimum Gasteiger partial charge on any atom is -0.511 e. The van der Waals surface area contributed by atoms with Gasteiger partial charge in [-0.05, 0) is 0 Å². The molecule has 0 unspecified atom stereocenters. The summed E-state index contributed by atoms with van der Waals surface area (Å²) in [5.41, 5.74) is 0. The van der Waals surface area contributed by atoms with E-state index in [2.05, 4.69) is 16.8 Å². The molecule has 0 rings (SSSR count). The quantitative estimate of drug-likeness (QED) is 0.265. The molecule has 0 heterocycles. The zero-order chi connectivity index (χ0) is 4.28. The molecular weight excluding hydrogens is 108 g/mol. The van der Waals surface area contributed by atoms with Gasteiger partial charge in [0.25, 0.3) is 0 Å². The van der Waals surface area contributed by atoms with Crippen LogP contribution in [-0.2, 0) is 8.33 Å². The summed E-state index contributed by atoms with van der Waals surface area (Å²) in [5.74, 6) is 0. The predicted octanol–water partition coefficient (Wildman–Crippen LogP) is -0.745. The zero-order valence-electron chi connectivity index (χ0n) is 2.21. The Bertz CT molecular complexity index is 42.2. The van der Waals surface area contributed by atoms with Gasteiger partial charge in [0, 0.05) is 12.9 Å². The second-order valence-electron chi connectivity index (χ2n) is 0.357. The lowest BCUT2D eigenvalue weighted by Crippen LogP contribution is -1.94. The Labute approximate surface area is 36.1 Å². The lowest BCUT2D eigenvalue weighted by Gasteiger charge is -1.73. The van der Waals surface area contributed by atoms with Crippen LogP contribution >= 0.6 is 12.9 Å². The van der Waals surface area contributed by atoms with Crippen molar-refractivity contribution in [2.75, 3.05) is 0 Å². The Balaban J connectivity index is 2.85. The van der Waals surface area contributed by atoms with E-state index in [9.17, 15) is 4.46 Å². The highest BCUT2D eigenvalue weighted by atomic mass is 32.1. The molecule has 0 aliphatic carbocycles. The summed E-state index contributed by atoms with van der Waals surface area (Å²) in [6, 6.07) is 0. The summed E-state index contributed by atoms with van der Waals surface area (Å²) in [4.78, 5) is 7.61. The lowest BCUT2D eigenvalue weighted by molar-refractivity contribution is 0.362. The average molecular weight is 110 g/mol. The van der Waals surface area contributed by atoms with Crippen molar-refractivity contribution in [1.82, 2.24) is 0 Å². The van der Waals surface area contributed by atoms with Gasteiger partial charge in [-0.1, -0.05) is 0 Å². The molecule has 0 aromatic rings. The molecule has 30 valence electrons. The standard InChI is InChI=1S/H2O3SSi/c1-5(2)3-4/h1,4H. The molecule has 0 fully saturated rings. The second-order valence-corrected chi connectivity index (χ2v) is 1.62. The molecule has 0 saturated carbocycles. The van der Waals surface area contributed by atoms with Crippen LogP contribution in [0.3, 0.4) is 0 Å². The van der Waals surface area contributed by atoms with Crippen molar-refractivity contribution < 1.29 is 13.1 Å². The van der Waals surface area contributed by atoms with Gasteiger partial charge in [-0.3, -0.25) is 4.46 Å². The van der Waals surface area contributed by atoms with Gasteiger partial charge in [0.1, 0.15) is 0 Å². The van der Waals surface area contributed by atoms with Gasteiger partial charge in [0.05, 0.1) is 0 Å². The number of hydrogen-bond donors (Lipinski definition) is 2. The van der Waals surface area contributed by atoms with E-state index in [0.29, 0.717) is 0 Å². The van der Waals surface area contributed by atoms with Crippen LogP contribution in [0, 0.1) is 0 Å². The molecule has 0 aliphatic heterocycles. The van der Waals surface area contributed by atoms with E-state index < -0.39 is 9.17 Å². The fourth-order valence-electron chi connectivity index (χ4n) is 0. The van der Waals surface area contributed by atoms with E-state index in [1.54, 1.807) is 0 Å². The lowest BCUT2D eigenvalue weighted by atomic mass is 15.8. The van der Waals surface area contributed by atoms with Crippen molar-refractivity contribution in [3.63, 3.8) is 0 Å². The van der Waals surface area contributed by atoms with Crippen molar-refractivity contribution >= 4 is 22.1 Å². The largest absolute Gasteiger partial charge is 0.777 e. The topological polar surface area (TPSA) is 46.5 Å². The summed E-state index contributed by atoms with van der Waals surface area (Å²) in [6.07, 6.45) is 0. The van der Waals surface area contributed by atoms with Gasteiger partial charge in [-0.25, -0.2) is 0 Å². The maximum Gasteiger partial charge on any atom is 0.777 e. The van der Waals surface area contributed by atoms with Crippen LogP contribution in [0.15, 0.2) is 0 Å². The summed E-state index contributed by atoms with van der Waals surface area (Å²) < 4.78 is 12.8. The average Bonchev–Trinajstić information content (AvgIpc) is 1.38. The maximum absolute atomic E-state index is 9.25. The van der Waals surface area contributed by atoms with Gasteiger partial charge in [0.15, 0.2) is 0 Å². The monoisotopic (exact) mass is 110 g/mol. The Hall–Kier alpha value is -0.0331. The number of thiol groups is 1. The van der Waals surface area contributed by atoms with Gasteiger partial charge in [-0.15, -0.1) is 0 Å². The Morgan fingerprint density at radius 3 is 2.20 bits per heavy atom. The number of hydrogen-bond acceptors (Lipinski definition) is 3. The second kappa shape index (κ2) is 2.22. The molecule has 0 spiro atoms. The third-order valence-electron chi connectivity index (χ3n) is 0.0781.